The summed E-state index contributed by atoms with van der Waals surface area (Å²) >= 11 is 0. The molecule has 2 bridgehead atoms. The smallest absolute Gasteiger partial charge is 0.303 e. The van der Waals surface area contributed by atoms with Crippen LogP contribution in [-0.2, 0) is 14.8 Å². The molecule has 4 rings (SSSR count). The number of benzene rings is 1. The van der Waals surface area contributed by atoms with Crippen molar-refractivity contribution in [3.63, 3.8) is 0 Å². The van der Waals surface area contributed by atoms with E-state index in [1.54, 1.807) is 0 Å². The lowest BCUT2D eigenvalue weighted by atomic mass is 9.45. The predicted octanol–water partition coefficient (Wildman–Crippen LogP) is 4.36. The van der Waals surface area contributed by atoms with Crippen LogP contribution in [0.3, 0.4) is 0 Å². The molecule has 0 spiro atoms. The summed E-state index contributed by atoms with van der Waals surface area (Å²) in [6, 6.07) is 4.76. The lowest BCUT2D eigenvalue weighted by molar-refractivity contribution is -0.137. The number of nitrogens with one attached hydrogen (secondary N) is 1. The molecule has 5 nitrogen and oxygen atoms in total. The van der Waals surface area contributed by atoms with Gasteiger partial charge in [-0.3, -0.25) is 4.79 Å². The van der Waals surface area contributed by atoms with E-state index < -0.39 is 21.8 Å². The van der Waals surface area contributed by atoms with Crippen molar-refractivity contribution < 1.29 is 22.7 Å². The van der Waals surface area contributed by atoms with Gasteiger partial charge in [0.15, 0.2) is 0 Å². The molecule has 4 atom stereocenters. The average Bonchev–Trinajstić information content (AvgIpc) is 2.65. The quantitative estimate of drug-likeness (QED) is 0.457. The van der Waals surface area contributed by atoms with E-state index in [1.807, 2.05) is 6.08 Å². The molecule has 0 saturated heterocycles. The fourth-order valence-corrected chi connectivity index (χ4v) is 6.29. The third kappa shape index (κ3) is 4.89. The van der Waals surface area contributed by atoms with Gasteiger partial charge in [0.1, 0.15) is 5.82 Å². The minimum absolute atomic E-state index is 0.0844. The third-order valence-corrected chi connectivity index (χ3v) is 8.33. The van der Waals surface area contributed by atoms with Gasteiger partial charge in [-0.1, -0.05) is 26.0 Å². The maximum atomic E-state index is 13.2. The van der Waals surface area contributed by atoms with Gasteiger partial charge in [0.25, 0.3) is 0 Å². The highest BCUT2D eigenvalue weighted by Crippen LogP contribution is 2.61. The van der Waals surface area contributed by atoms with Crippen molar-refractivity contribution in [3.8, 4) is 0 Å². The Morgan fingerprint density at radius 3 is 2.55 bits per heavy atom. The van der Waals surface area contributed by atoms with Crippen molar-refractivity contribution in [3.05, 3.63) is 42.2 Å². The topological polar surface area (TPSA) is 83.5 Å². The standard InChI is InChI=1S/C22H30FNO4S/c1-22(2)16-13-15(7-5-3-4-6-8-20(25)26)21(19(22)14-16)24-29(27,28)18-11-9-17(23)10-12-18/h3,5,9-12,15-16,19,21,24H,4,6-8,13-14H2,1-2H3,(H,25,26)/b5-3+. The van der Waals surface area contributed by atoms with Crippen LogP contribution in [0, 0.1) is 29.0 Å². The van der Waals surface area contributed by atoms with Gasteiger partial charge in [0, 0.05) is 12.5 Å². The van der Waals surface area contributed by atoms with Gasteiger partial charge in [-0.2, -0.15) is 0 Å². The molecule has 0 aliphatic heterocycles. The Morgan fingerprint density at radius 2 is 1.93 bits per heavy atom. The molecule has 3 aliphatic rings. The van der Waals surface area contributed by atoms with Crippen LogP contribution in [-0.4, -0.2) is 25.5 Å². The monoisotopic (exact) mass is 423 g/mol. The summed E-state index contributed by atoms with van der Waals surface area (Å²) in [5, 5.41) is 8.70. The molecule has 3 fully saturated rings. The highest BCUT2D eigenvalue weighted by atomic mass is 32.2. The molecule has 7 heteroatoms. The number of aliphatic carboxylic acids is 1. The van der Waals surface area contributed by atoms with Crippen LogP contribution in [0.1, 0.15) is 52.4 Å². The Labute approximate surface area is 172 Å². The summed E-state index contributed by atoms with van der Waals surface area (Å²) in [5.74, 6) is -0.164. The van der Waals surface area contributed by atoms with E-state index in [1.165, 1.54) is 12.1 Å². The van der Waals surface area contributed by atoms with Crippen LogP contribution in [0.25, 0.3) is 0 Å². The molecule has 0 aromatic heterocycles. The van der Waals surface area contributed by atoms with E-state index in [4.69, 9.17) is 5.11 Å². The summed E-state index contributed by atoms with van der Waals surface area (Å²) in [6.07, 6.45) is 8.31. The van der Waals surface area contributed by atoms with Gasteiger partial charge in [0.2, 0.25) is 10.0 Å². The molecule has 160 valence electrons. The lowest BCUT2D eigenvalue weighted by Gasteiger charge is -2.62. The zero-order valence-corrected chi connectivity index (χ0v) is 17.8. The summed E-state index contributed by atoms with van der Waals surface area (Å²) < 4.78 is 41.9. The normalized spacial score (nSPS) is 28.2. The molecule has 1 aromatic carbocycles. The molecule has 29 heavy (non-hydrogen) atoms. The number of hydrogen-bond donors (Lipinski definition) is 2. The van der Waals surface area contributed by atoms with Crippen molar-refractivity contribution >= 4 is 16.0 Å². The number of fused-ring (bicyclic) bond motifs is 2. The average molecular weight is 424 g/mol. The maximum absolute atomic E-state index is 13.2. The Balaban J connectivity index is 1.69. The largest absolute Gasteiger partial charge is 0.481 e. The summed E-state index contributed by atoms with van der Waals surface area (Å²) in [5.41, 5.74) is 0.109. The van der Waals surface area contributed by atoms with Crippen molar-refractivity contribution in [2.24, 2.45) is 23.2 Å². The first-order chi connectivity index (χ1) is 13.6. The third-order valence-electron chi connectivity index (χ3n) is 6.86. The molecule has 4 unspecified atom stereocenters. The van der Waals surface area contributed by atoms with Crippen molar-refractivity contribution in [1.29, 1.82) is 0 Å². The van der Waals surface area contributed by atoms with Crippen LogP contribution in [0.5, 0.6) is 0 Å². The zero-order chi connectivity index (χ0) is 21.2. The molecular formula is C22H30FNO4S. The van der Waals surface area contributed by atoms with Gasteiger partial charge in [0.05, 0.1) is 4.90 Å². The van der Waals surface area contributed by atoms with Gasteiger partial charge in [-0.05, 0) is 79.5 Å². The van der Waals surface area contributed by atoms with Gasteiger partial charge < -0.3 is 5.11 Å². The first-order valence-corrected chi connectivity index (χ1v) is 11.7. The van der Waals surface area contributed by atoms with Gasteiger partial charge in [-0.25, -0.2) is 17.5 Å². The summed E-state index contributed by atoms with van der Waals surface area (Å²) in [6.45, 7) is 4.42. The number of unbranched alkanes of at least 4 members (excludes halogenated alkanes) is 1. The van der Waals surface area contributed by atoms with Crippen LogP contribution < -0.4 is 4.72 Å². The second kappa shape index (κ2) is 8.56. The predicted molar refractivity (Wildman–Crippen MR) is 109 cm³/mol. The highest BCUT2D eigenvalue weighted by molar-refractivity contribution is 7.89. The second-order valence-corrected chi connectivity index (χ2v) is 10.7. The van der Waals surface area contributed by atoms with Gasteiger partial charge >= 0.3 is 5.97 Å². The molecular weight excluding hydrogens is 393 g/mol. The van der Waals surface area contributed by atoms with Crippen LogP contribution in [0.2, 0.25) is 0 Å². The Kier molecular flexibility index (Phi) is 6.48. The summed E-state index contributed by atoms with van der Waals surface area (Å²) in [4.78, 5) is 10.7. The van der Waals surface area contributed by atoms with Crippen LogP contribution >= 0.6 is 0 Å². The first-order valence-electron chi connectivity index (χ1n) is 10.3. The molecule has 0 amide bonds. The molecule has 3 saturated carbocycles. The molecule has 3 aliphatic carbocycles. The van der Waals surface area contributed by atoms with Crippen LogP contribution in [0.4, 0.5) is 4.39 Å². The van der Waals surface area contributed by atoms with E-state index >= 15 is 0 Å². The number of halogens is 1. The molecule has 0 radical (unpaired) electrons. The van der Waals surface area contributed by atoms with E-state index in [0.29, 0.717) is 18.8 Å². The van der Waals surface area contributed by atoms with Crippen molar-refractivity contribution in [2.45, 2.75) is 63.3 Å². The Morgan fingerprint density at radius 1 is 1.24 bits per heavy atom. The fourth-order valence-electron chi connectivity index (χ4n) is 4.95. The summed E-state index contributed by atoms with van der Waals surface area (Å²) in [7, 11) is -3.72. The van der Waals surface area contributed by atoms with E-state index in [0.717, 1.165) is 31.4 Å². The molecule has 2 N–H and O–H groups in total. The number of carbonyl (C=O) groups is 1. The number of carboxylic acids is 1. The van der Waals surface area contributed by atoms with Crippen molar-refractivity contribution in [1.82, 2.24) is 4.72 Å². The lowest BCUT2D eigenvalue weighted by Crippen LogP contribution is -2.63. The Bertz CT molecular complexity index is 863. The highest BCUT2D eigenvalue weighted by Gasteiger charge is 2.58. The number of allylic oxidation sites excluding steroid dienone is 2. The molecule has 0 heterocycles. The molecule has 1 aromatic rings. The number of sulfonamides is 1. The number of rotatable bonds is 9. The SMILES string of the molecule is CC1(C)C2CC(C/C=C/CCCC(=O)O)C(NS(=O)(=O)c3ccc(F)cc3)C1C2. The van der Waals surface area contributed by atoms with E-state index in [2.05, 4.69) is 24.6 Å². The number of hydrogen-bond acceptors (Lipinski definition) is 3. The zero-order valence-electron chi connectivity index (χ0n) is 17.0. The minimum atomic E-state index is -3.72. The second-order valence-electron chi connectivity index (χ2n) is 8.95. The fraction of sp³-hybridized carbons (Fsp3) is 0.591. The Hall–Kier alpha value is -1.73. The number of carboxylic acid groups (broad SMARTS) is 1. The van der Waals surface area contributed by atoms with E-state index in [-0.39, 0.29) is 34.6 Å². The first kappa shape index (κ1) is 22.0. The van der Waals surface area contributed by atoms with Crippen LogP contribution in [0.15, 0.2) is 41.3 Å². The maximum Gasteiger partial charge on any atom is 0.303 e. The van der Waals surface area contributed by atoms with Gasteiger partial charge in [-0.15, -0.1) is 0 Å². The minimum Gasteiger partial charge on any atom is -0.481 e. The van der Waals surface area contributed by atoms with Crippen molar-refractivity contribution in [2.75, 3.05) is 0 Å². The van der Waals surface area contributed by atoms with E-state index in [9.17, 15) is 17.6 Å².